The second-order valence-electron chi connectivity index (χ2n) is 5.08. The molecule has 0 atom stereocenters. The maximum atomic E-state index is 12.8. The largest absolute Gasteiger partial charge is 0.481 e. The normalized spacial score (nSPS) is 9.42. The molecule has 0 aliphatic heterocycles. The number of pyridine rings is 1. The summed E-state index contributed by atoms with van der Waals surface area (Å²) >= 11 is 0. The summed E-state index contributed by atoms with van der Waals surface area (Å²) in [6, 6.07) is 12.8. The minimum absolute atomic E-state index is 0.218. The fourth-order valence-corrected chi connectivity index (χ4v) is 2.14. The number of benzene rings is 1. The predicted octanol–water partition coefficient (Wildman–Crippen LogP) is 2.76. The van der Waals surface area contributed by atoms with Crippen molar-refractivity contribution in [2.24, 2.45) is 0 Å². The number of carboxylic acid groups (broad SMARTS) is 1. The van der Waals surface area contributed by atoms with Gasteiger partial charge in [0, 0.05) is 18.7 Å². The lowest BCUT2D eigenvalue weighted by atomic mass is 10.2. The smallest absolute Gasteiger partial charge is 0.300 e. The van der Waals surface area contributed by atoms with Crippen LogP contribution in [0.3, 0.4) is 0 Å². The summed E-state index contributed by atoms with van der Waals surface area (Å²) in [6.45, 7) is 0.823. The number of carbonyl (C=O) groups is 1. The summed E-state index contributed by atoms with van der Waals surface area (Å²) in [5.41, 5.74) is 2.67. The van der Waals surface area contributed by atoms with E-state index in [1.54, 1.807) is 16.7 Å². The van der Waals surface area contributed by atoms with Crippen molar-refractivity contribution in [3.05, 3.63) is 59.7 Å². The molecule has 0 unspecified atom stereocenters. The van der Waals surface area contributed by atoms with Gasteiger partial charge in [-0.3, -0.25) is 4.79 Å². The minimum atomic E-state index is -0.833. The fourth-order valence-electron chi connectivity index (χ4n) is 2.14. The Morgan fingerprint density at radius 2 is 2.00 bits per heavy atom. The number of nitrogens with zero attached hydrogens (tertiary/aromatic N) is 4. The van der Waals surface area contributed by atoms with E-state index in [1.807, 2.05) is 30.3 Å². The molecule has 0 saturated heterocycles. The SMILES string of the molecule is CC(=O)O.N#Cc1ccc(C#Cc2nc3ccccc3n2CCF)cn1. The summed E-state index contributed by atoms with van der Waals surface area (Å²) in [6.07, 6.45) is 1.54. The van der Waals surface area contributed by atoms with Crippen LogP contribution in [-0.4, -0.2) is 32.3 Å². The third-order valence-corrected chi connectivity index (χ3v) is 3.16. The standard InChI is InChI=1S/C17H11FN4.C2H4O2/c18-9-10-22-16-4-2-1-3-15(16)21-17(22)8-6-13-5-7-14(11-19)20-12-13;1-2(3)4/h1-5,7,12H,9-10H2;1H3,(H,3,4). The lowest BCUT2D eigenvalue weighted by molar-refractivity contribution is -0.134. The van der Waals surface area contributed by atoms with Crippen molar-refractivity contribution in [3.63, 3.8) is 0 Å². The lowest BCUT2D eigenvalue weighted by Gasteiger charge is -2.01. The van der Waals surface area contributed by atoms with Crippen LogP contribution < -0.4 is 0 Å². The first-order valence-electron chi connectivity index (χ1n) is 7.64. The number of carboxylic acids is 1. The first kappa shape index (κ1) is 18.6. The second-order valence-corrected chi connectivity index (χ2v) is 5.08. The third kappa shape index (κ3) is 4.89. The zero-order valence-electron chi connectivity index (χ0n) is 14.0. The van der Waals surface area contributed by atoms with E-state index in [2.05, 4.69) is 21.8 Å². The maximum absolute atomic E-state index is 12.8. The van der Waals surface area contributed by atoms with Gasteiger partial charge >= 0.3 is 0 Å². The average molecular weight is 350 g/mol. The summed E-state index contributed by atoms with van der Waals surface area (Å²) in [5.74, 6) is 5.58. The molecule has 26 heavy (non-hydrogen) atoms. The van der Waals surface area contributed by atoms with Gasteiger partial charge in [-0.15, -0.1) is 0 Å². The Morgan fingerprint density at radius 1 is 1.27 bits per heavy atom. The number of aliphatic carboxylic acids is 1. The van der Waals surface area contributed by atoms with E-state index in [0.717, 1.165) is 18.0 Å². The van der Waals surface area contributed by atoms with E-state index >= 15 is 0 Å². The molecule has 0 aliphatic rings. The Balaban J connectivity index is 0.000000552. The molecular weight excluding hydrogens is 335 g/mol. The Labute approximate surface area is 149 Å². The van der Waals surface area contributed by atoms with Gasteiger partial charge in [-0.25, -0.2) is 14.4 Å². The van der Waals surface area contributed by atoms with Crippen LogP contribution >= 0.6 is 0 Å². The highest BCUT2D eigenvalue weighted by molar-refractivity contribution is 5.76. The predicted molar refractivity (Wildman–Crippen MR) is 93.9 cm³/mol. The van der Waals surface area contributed by atoms with Crippen LogP contribution in [0.4, 0.5) is 4.39 Å². The molecule has 3 aromatic rings. The average Bonchev–Trinajstić information content (AvgIpc) is 2.98. The molecule has 0 amide bonds. The Morgan fingerprint density at radius 3 is 2.62 bits per heavy atom. The molecule has 0 fully saturated rings. The number of aryl methyl sites for hydroxylation is 1. The quantitative estimate of drug-likeness (QED) is 0.718. The highest BCUT2D eigenvalue weighted by Crippen LogP contribution is 2.15. The topological polar surface area (TPSA) is 91.8 Å². The van der Waals surface area contributed by atoms with Crippen molar-refractivity contribution in [1.82, 2.24) is 14.5 Å². The molecule has 7 heteroatoms. The van der Waals surface area contributed by atoms with E-state index in [1.165, 1.54) is 6.20 Å². The highest BCUT2D eigenvalue weighted by Gasteiger charge is 2.07. The van der Waals surface area contributed by atoms with Crippen LogP contribution in [0.2, 0.25) is 0 Å². The molecule has 2 aromatic heterocycles. The van der Waals surface area contributed by atoms with Gasteiger partial charge in [0.2, 0.25) is 0 Å². The van der Waals surface area contributed by atoms with Gasteiger partial charge in [-0.05, 0) is 30.2 Å². The van der Waals surface area contributed by atoms with Gasteiger partial charge in [0.05, 0.1) is 17.6 Å². The van der Waals surface area contributed by atoms with Gasteiger partial charge in [-0.1, -0.05) is 18.1 Å². The number of hydrogen-bond donors (Lipinski definition) is 1. The molecule has 130 valence electrons. The van der Waals surface area contributed by atoms with Crippen LogP contribution in [0.5, 0.6) is 0 Å². The Kier molecular flexibility index (Phi) is 6.41. The first-order chi connectivity index (χ1) is 12.5. The summed E-state index contributed by atoms with van der Waals surface area (Å²) < 4.78 is 14.5. The number of nitriles is 1. The van der Waals surface area contributed by atoms with E-state index in [0.29, 0.717) is 17.1 Å². The molecule has 0 aliphatic carbocycles. The van der Waals surface area contributed by atoms with Crippen molar-refractivity contribution in [2.75, 3.05) is 6.67 Å². The van der Waals surface area contributed by atoms with Crippen molar-refractivity contribution in [1.29, 1.82) is 5.26 Å². The summed E-state index contributed by atoms with van der Waals surface area (Å²) in [7, 11) is 0. The van der Waals surface area contributed by atoms with Crippen LogP contribution in [0.1, 0.15) is 24.0 Å². The van der Waals surface area contributed by atoms with Gasteiger partial charge in [0.1, 0.15) is 18.4 Å². The number of fused-ring (bicyclic) bond motifs is 1. The van der Waals surface area contributed by atoms with Crippen molar-refractivity contribution < 1.29 is 14.3 Å². The summed E-state index contributed by atoms with van der Waals surface area (Å²) in [4.78, 5) is 17.4. The number of para-hydroxylation sites is 2. The molecule has 0 spiro atoms. The van der Waals surface area contributed by atoms with Gasteiger partial charge in [-0.2, -0.15) is 5.26 Å². The van der Waals surface area contributed by atoms with Crippen LogP contribution in [-0.2, 0) is 11.3 Å². The Bertz CT molecular complexity index is 1000. The summed E-state index contributed by atoms with van der Waals surface area (Å²) in [5, 5.41) is 16.1. The third-order valence-electron chi connectivity index (χ3n) is 3.16. The van der Waals surface area contributed by atoms with Gasteiger partial charge in [0.25, 0.3) is 5.97 Å². The highest BCUT2D eigenvalue weighted by atomic mass is 19.1. The van der Waals surface area contributed by atoms with Crippen molar-refractivity contribution >= 4 is 17.0 Å². The number of rotatable bonds is 2. The van der Waals surface area contributed by atoms with Gasteiger partial charge < -0.3 is 9.67 Å². The number of hydrogen-bond acceptors (Lipinski definition) is 4. The monoisotopic (exact) mass is 350 g/mol. The van der Waals surface area contributed by atoms with Crippen molar-refractivity contribution in [3.8, 4) is 17.9 Å². The molecule has 1 N–H and O–H groups in total. The minimum Gasteiger partial charge on any atom is -0.481 e. The molecule has 1 aromatic carbocycles. The Hall–Kier alpha value is -3.71. The molecule has 6 nitrogen and oxygen atoms in total. The molecular formula is C19H15FN4O2. The molecule has 0 bridgehead atoms. The van der Waals surface area contributed by atoms with Crippen molar-refractivity contribution in [2.45, 2.75) is 13.5 Å². The molecule has 3 rings (SSSR count). The molecule has 0 saturated carbocycles. The molecule has 2 heterocycles. The first-order valence-corrected chi connectivity index (χ1v) is 7.64. The van der Waals surface area contributed by atoms with Crippen LogP contribution in [0.15, 0.2) is 42.6 Å². The van der Waals surface area contributed by atoms with E-state index in [-0.39, 0.29) is 6.54 Å². The van der Waals surface area contributed by atoms with E-state index in [9.17, 15) is 4.39 Å². The number of alkyl halides is 1. The van der Waals surface area contributed by atoms with E-state index < -0.39 is 12.6 Å². The van der Waals surface area contributed by atoms with Crippen LogP contribution in [0.25, 0.3) is 11.0 Å². The fraction of sp³-hybridized carbons (Fsp3) is 0.158. The number of aromatic nitrogens is 3. The van der Waals surface area contributed by atoms with E-state index in [4.69, 9.17) is 15.2 Å². The van der Waals surface area contributed by atoms with Crippen LogP contribution in [0, 0.1) is 23.2 Å². The lowest BCUT2D eigenvalue weighted by Crippen LogP contribution is -2.02. The zero-order valence-corrected chi connectivity index (χ0v) is 14.0. The number of halogens is 1. The maximum Gasteiger partial charge on any atom is 0.300 e. The number of imidazole rings is 1. The molecule has 0 radical (unpaired) electrons. The van der Waals surface area contributed by atoms with Gasteiger partial charge in [0.15, 0.2) is 5.82 Å². The zero-order chi connectivity index (χ0) is 18.9. The second kappa shape index (κ2) is 8.95.